The highest BCUT2D eigenvalue weighted by atomic mass is 19.1. The summed E-state index contributed by atoms with van der Waals surface area (Å²) in [7, 11) is 0. The molecule has 0 amide bonds. The summed E-state index contributed by atoms with van der Waals surface area (Å²) in [6.07, 6.45) is 18.0. The molecule has 0 atom stereocenters. The third kappa shape index (κ3) is 6.98. The van der Waals surface area contributed by atoms with Crippen LogP contribution in [0, 0.1) is 29.1 Å². The predicted molar refractivity (Wildman–Crippen MR) is 119 cm³/mol. The average Bonchev–Trinajstić information content (AvgIpc) is 2.78. The molecule has 2 saturated carbocycles. The van der Waals surface area contributed by atoms with Crippen LogP contribution in [0.2, 0.25) is 0 Å². The number of hydrogen-bond donors (Lipinski definition) is 0. The van der Waals surface area contributed by atoms with Gasteiger partial charge in [-0.3, -0.25) is 0 Å². The maximum atomic E-state index is 13.1. The van der Waals surface area contributed by atoms with Crippen LogP contribution in [0.15, 0.2) is 36.2 Å². The molecule has 0 unspecified atom stereocenters. The minimum absolute atomic E-state index is 0.287. The molecule has 0 spiro atoms. The molecule has 158 valence electrons. The monoisotopic (exact) mass is 395 g/mol. The molecule has 2 aliphatic carbocycles. The zero-order valence-electron chi connectivity index (χ0n) is 18.2. The van der Waals surface area contributed by atoms with Crippen molar-refractivity contribution in [1.29, 1.82) is 5.26 Å². The number of nitrogens with zero attached hydrogens (tertiary/aromatic N) is 1. The lowest BCUT2D eigenvalue weighted by Crippen LogP contribution is -2.17. The van der Waals surface area contributed by atoms with E-state index in [1.54, 1.807) is 17.7 Å². The number of benzene rings is 1. The number of halogens is 1. The number of nitriles is 1. The molecule has 3 rings (SSSR count). The molecule has 0 saturated heterocycles. The number of rotatable bonds is 8. The van der Waals surface area contributed by atoms with Crippen LogP contribution in [-0.2, 0) is 6.42 Å². The summed E-state index contributed by atoms with van der Waals surface area (Å²) in [5.74, 6) is 2.18. The van der Waals surface area contributed by atoms with Gasteiger partial charge in [-0.25, -0.2) is 0 Å². The van der Waals surface area contributed by atoms with Gasteiger partial charge in [0.05, 0.1) is 0 Å². The molecule has 0 aliphatic heterocycles. The van der Waals surface area contributed by atoms with E-state index < -0.39 is 5.83 Å². The van der Waals surface area contributed by atoms with E-state index in [0.29, 0.717) is 0 Å². The van der Waals surface area contributed by atoms with Gasteiger partial charge in [-0.15, -0.1) is 0 Å². The third-order valence-electron chi connectivity index (χ3n) is 7.48. The van der Waals surface area contributed by atoms with E-state index in [4.69, 9.17) is 5.26 Å². The molecule has 1 aromatic rings. The SMILES string of the molecule is CCCCc1ccc([C@H]2CC[C@H](CC[C@H]3CC[C@H](C=C(F)C#N)CC3)CC2)cc1. The van der Waals surface area contributed by atoms with Gasteiger partial charge in [0, 0.05) is 0 Å². The molecule has 0 aromatic heterocycles. The maximum absolute atomic E-state index is 13.1. The first kappa shape index (κ1) is 22.1. The van der Waals surface area contributed by atoms with Gasteiger partial charge < -0.3 is 0 Å². The van der Waals surface area contributed by atoms with E-state index in [1.807, 2.05) is 0 Å². The van der Waals surface area contributed by atoms with Crippen LogP contribution < -0.4 is 0 Å². The lowest BCUT2D eigenvalue weighted by Gasteiger charge is -2.31. The summed E-state index contributed by atoms with van der Waals surface area (Å²) in [6, 6.07) is 11.1. The van der Waals surface area contributed by atoms with Crippen molar-refractivity contribution in [3.05, 3.63) is 47.3 Å². The molecule has 0 bridgehead atoms. The van der Waals surface area contributed by atoms with Gasteiger partial charge in [0.25, 0.3) is 0 Å². The van der Waals surface area contributed by atoms with E-state index in [0.717, 1.165) is 30.6 Å². The Bertz CT molecular complexity index is 667. The van der Waals surface area contributed by atoms with Crippen molar-refractivity contribution in [2.45, 2.75) is 96.3 Å². The lowest BCUT2D eigenvalue weighted by molar-refractivity contribution is 0.245. The summed E-state index contributed by atoms with van der Waals surface area (Å²) >= 11 is 0. The van der Waals surface area contributed by atoms with E-state index in [1.165, 1.54) is 76.2 Å². The van der Waals surface area contributed by atoms with Crippen LogP contribution in [0.5, 0.6) is 0 Å². The van der Waals surface area contributed by atoms with Crippen LogP contribution in [0.3, 0.4) is 0 Å². The zero-order chi connectivity index (χ0) is 20.5. The topological polar surface area (TPSA) is 23.8 Å². The first-order chi connectivity index (χ1) is 14.2. The highest BCUT2D eigenvalue weighted by Gasteiger charge is 2.25. The highest BCUT2D eigenvalue weighted by Crippen LogP contribution is 2.40. The molecule has 0 heterocycles. The Morgan fingerprint density at radius 3 is 2.10 bits per heavy atom. The molecule has 2 fully saturated rings. The standard InChI is InChI=1S/C27H38FN/c1-2-3-4-21-11-15-25(16-12-21)26-17-13-23(14-18-26)6-5-22-7-9-24(10-8-22)19-27(28)20-29/h11-12,15-16,19,22-24,26H,2-10,13-14,17-18H2,1H3/t22-,23-,24-,26-. The van der Waals surface area contributed by atoms with E-state index in [2.05, 4.69) is 31.2 Å². The molecule has 1 nitrogen and oxygen atoms in total. The summed E-state index contributed by atoms with van der Waals surface area (Å²) in [4.78, 5) is 0. The Morgan fingerprint density at radius 2 is 1.55 bits per heavy atom. The lowest BCUT2D eigenvalue weighted by atomic mass is 9.74. The Labute approximate surface area is 177 Å². The number of aryl methyl sites for hydroxylation is 1. The summed E-state index contributed by atoms with van der Waals surface area (Å²) in [6.45, 7) is 2.26. The normalized spacial score (nSPS) is 28.1. The zero-order valence-corrected chi connectivity index (χ0v) is 18.2. The van der Waals surface area contributed by atoms with Crippen LogP contribution in [0.1, 0.15) is 101 Å². The first-order valence-electron chi connectivity index (χ1n) is 12.0. The Balaban J connectivity index is 1.35. The van der Waals surface area contributed by atoms with Crippen molar-refractivity contribution in [1.82, 2.24) is 0 Å². The van der Waals surface area contributed by atoms with E-state index in [9.17, 15) is 4.39 Å². The fourth-order valence-corrected chi connectivity index (χ4v) is 5.48. The van der Waals surface area contributed by atoms with Gasteiger partial charge in [0.1, 0.15) is 6.07 Å². The molecule has 1 aromatic carbocycles. The van der Waals surface area contributed by atoms with Crippen LogP contribution in [-0.4, -0.2) is 0 Å². The second-order valence-corrected chi connectivity index (χ2v) is 9.55. The third-order valence-corrected chi connectivity index (χ3v) is 7.48. The van der Waals surface area contributed by atoms with E-state index >= 15 is 0 Å². The van der Waals surface area contributed by atoms with Crippen LogP contribution in [0.25, 0.3) is 0 Å². The minimum atomic E-state index is -0.596. The van der Waals surface area contributed by atoms with Crippen molar-refractivity contribution < 1.29 is 4.39 Å². The quantitative estimate of drug-likeness (QED) is 0.406. The average molecular weight is 396 g/mol. The minimum Gasteiger partial charge on any atom is -0.195 e. The predicted octanol–water partition coefficient (Wildman–Crippen LogP) is 8.27. The fourth-order valence-electron chi connectivity index (χ4n) is 5.48. The van der Waals surface area contributed by atoms with E-state index in [-0.39, 0.29) is 5.92 Å². The number of unbranched alkanes of at least 4 members (excludes halogenated alkanes) is 1. The van der Waals surface area contributed by atoms with Gasteiger partial charge in [0.2, 0.25) is 0 Å². The van der Waals surface area contributed by atoms with Gasteiger partial charge in [-0.1, -0.05) is 50.5 Å². The molecule has 29 heavy (non-hydrogen) atoms. The number of hydrogen-bond acceptors (Lipinski definition) is 1. The van der Waals surface area contributed by atoms with Crippen molar-refractivity contribution in [2.75, 3.05) is 0 Å². The molecule has 0 radical (unpaired) electrons. The molecule has 2 aliphatic rings. The Morgan fingerprint density at radius 1 is 0.966 bits per heavy atom. The van der Waals surface area contributed by atoms with Crippen molar-refractivity contribution in [3.63, 3.8) is 0 Å². The van der Waals surface area contributed by atoms with Crippen molar-refractivity contribution >= 4 is 0 Å². The largest absolute Gasteiger partial charge is 0.196 e. The number of allylic oxidation sites excluding steroid dienone is 2. The molecular formula is C27H38FN. The summed E-state index contributed by atoms with van der Waals surface area (Å²) in [5, 5.41) is 8.59. The van der Waals surface area contributed by atoms with Crippen molar-refractivity contribution in [2.24, 2.45) is 17.8 Å². The van der Waals surface area contributed by atoms with Crippen LogP contribution >= 0.6 is 0 Å². The fraction of sp³-hybridized carbons (Fsp3) is 0.667. The van der Waals surface area contributed by atoms with Gasteiger partial charge in [-0.05, 0) is 105 Å². The Hall–Kier alpha value is -1.62. The van der Waals surface area contributed by atoms with Crippen LogP contribution in [0.4, 0.5) is 4.39 Å². The van der Waals surface area contributed by atoms with Gasteiger partial charge in [-0.2, -0.15) is 9.65 Å². The smallest absolute Gasteiger partial charge is 0.195 e. The maximum Gasteiger partial charge on any atom is 0.196 e. The second-order valence-electron chi connectivity index (χ2n) is 9.55. The summed E-state index contributed by atoms with van der Waals surface area (Å²) < 4.78 is 13.1. The second kappa shape index (κ2) is 11.5. The Kier molecular flexibility index (Phi) is 8.78. The molecule has 2 heteroatoms. The first-order valence-corrected chi connectivity index (χ1v) is 12.0. The highest BCUT2D eigenvalue weighted by molar-refractivity contribution is 5.26. The van der Waals surface area contributed by atoms with Crippen molar-refractivity contribution in [3.8, 4) is 6.07 Å². The summed E-state index contributed by atoms with van der Waals surface area (Å²) in [5.41, 5.74) is 3.05. The van der Waals surface area contributed by atoms with Gasteiger partial charge in [0.15, 0.2) is 5.83 Å². The molecule has 0 N–H and O–H groups in total. The molecular weight excluding hydrogens is 357 g/mol. The van der Waals surface area contributed by atoms with Gasteiger partial charge >= 0.3 is 0 Å².